The van der Waals surface area contributed by atoms with Crippen LogP contribution in [0.4, 0.5) is 13.2 Å². The summed E-state index contributed by atoms with van der Waals surface area (Å²) in [7, 11) is 0. The van der Waals surface area contributed by atoms with E-state index in [0.29, 0.717) is 10.1 Å². The van der Waals surface area contributed by atoms with Crippen molar-refractivity contribution in [2.24, 2.45) is 0 Å². The number of rotatable bonds is 4. The first-order valence-corrected chi connectivity index (χ1v) is 9.46. The van der Waals surface area contributed by atoms with Crippen molar-refractivity contribution in [1.29, 1.82) is 0 Å². The minimum absolute atomic E-state index is 0.0397. The molecule has 8 nitrogen and oxygen atoms in total. The molecule has 0 aliphatic carbocycles. The maximum Gasteiger partial charge on any atom is 0.416 e. The van der Waals surface area contributed by atoms with Gasteiger partial charge in [0.25, 0.3) is 5.56 Å². The number of fused-ring (bicyclic) bond motifs is 2. The third kappa shape index (κ3) is 3.72. The fourth-order valence-electron chi connectivity index (χ4n) is 3.31. The summed E-state index contributed by atoms with van der Waals surface area (Å²) in [6.45, 7) is 0.969. The molecule has 2 aliphatic rings. The second kappa shape index (κ2) is 7.91. The van der Waals surface area contributed by atoms with Gasteiger partial charge >= 0.3 is 17.8 Å². The Kier molecular flexibility index (Phi) is 5.25. The van der Waals surface area contributed by atoms with Gasteiger partial charge in [-0.05, 0) is 37.3 Å². The topological polar surface area (TPSA) is 96.1 Å². The number of para-hydroxylation sites is 2. The second-order valence-electron chi connectivity index (χ2n) is 6.75. The number of carbonyl (C=O) groups is 1. The lowest BCUT2D eigenvalue weighted by Crippen LogP contribution is -2.40. The highest BCUT2D eigenvalue weighted by Gasteiger charge is 2.31. The molecule has 11 heteroatoms. The predicted molar refractivity (Wildman–Crippen MR) is 108 cm³/mol. The molecule has 0 spiro atoms. The molecule has 0 bridgehead atoms. The molecule has 32 heavy (non-hydrogen) atoms. The van der Waals surface area contributed by atoms with Crippen molar-refractivity contribution in [3.63, 3.8) is 0 Å². The van der Waals surface area contributed by atoms with E-state index in [1.165, 1.54) is 16.7 Å². The van der Waals surface area contributed by atoms with Crippen LogP contribution in [0.2, 0.25) is 0 Å². The number of hydrogen-bond acceptors (Lipinski definition) is 6. The number of hydrogen-bond donors (Lipinski definition) is 0. The van der Waals surface area contributed by atoms with Crippen LogP contribution in [0.3, 0.4) is 0 Å². The van der Waals surface area contributed by atoms with Crippen molar-refractivity contribution < 1.29 is 22.7 Å². The van der Waals surface area contributed by atoms with E-state index in [0.717, 1.165) is 12.1 Å². The Balaban J connectivity index is 2.05. The van der Waals surface area contributed by atoms with Crippen LogP contribution in [0.5, 0.6) is 0 Å². The standard InChI is InChI=1S/C21H15F3N4O4/c1-2-32-16(29)11-27-19(30)17-18(26-20(27)31)28(15-9-4-3-8-14(15)25-17)13-7-5-6-12(10-13)21(22,23)24/h3-10H,2,11H2,1H3. The molecule has 0 saturated heterocycles. The molecule has 2 aromatic rings. The largest absolute Gasteiger partial charge is 0.465 e. The van der Waals surface area contributed by atoms with Gasteiger partial charge in [0.2, 0.25) is 0 Å². The predicted octanol–water partition coefficient (Wildman–Crippen LogP) is 2.63. The van der Waals surface area contributed by atoms with Crippen LogP contribution < -0.4 is 11.2 Å². The van der Waals surface area contributed by atoms with Gasteiger partial charge in [0.15, 0.2) is 11.5 Å². The Morgan fingerprint density at radius 2 is 1.81 bits per heavy atom. The lowest BCUT2D eigenvalue weighted by molar-refractivity contribution is -0.144. The summed E-state index contributed by atoms with van der Waals surface area (Å²) in [4.78, 5) is 45.5. The molecule has 2 aliphatic heterocycles. The first kappa shape index (κ1) is 21.2. The summed E-state index contributed by atoms with van der Waals surface area (Å²) in [6, 6.07) is 10.8. The normalized spacial score (nSPS) is 11.8. The molecule has 0 atom stereocenters. The molecule has 0 amide bonds. The van der Waals surface area contributed by atoms with Crippen molar-refractivity contribution in [2.75, 3.05) is 6.61 Å². The summed E-state index contributed by atoms with van der Waals surface area (Å²) < 4.78 is 46.5. The van der Waals surface area contributed by atoms with Gasteiger partial charge in [-0.25, -0.2) is 14.3 Å². The lowest BCUT2D eigenvalue weighted by Gasteiger charge is -2.18. The zero-order chi connectivity index (χ0) is 23.0. The van der Waals surface area contributed by atoms with Crippen LogP contribution in [-0.2, 0) is 22.3 Å². The van der Waals surface area contributed by atoms with E-state index in [1.54, 1.807) is 31.2 Å². The fraction of sp³-hybridized carbons (Fsp3) is 0.190. The number of alkyl halides is 3. The van der Waals surface area contributed by atoms with Gasteiger partial charge in [-0.2, -0.15) is 18.2 Å². The molecule has 0 radical (unpaired) electrons. The van der Waals surface area contributed by atoms with E-state index in [4.69, 9.17) is 4.74 Å². The van der Waals surface area contributed by atoms with E-state index in [9.17, 15) is 27.6 Å². The van der Waals surface area contributed by atoms with E-state index in [1.807, 2.05) is 0 Å². The fourth-order valence-corrected chi connectivity index (χ4v) is 3.31. The molecule has 4 rings (SSSR count). The summed E-state index contributed by atoms with van der Waals surface area (Å²) in [5, 5.41) is 0. The highest BCUT2D eigenvalue weighted by Crippen LogP contribution is 2.32. The lowest BCUT2D eigenvalue weighted by atomic mass is 10.1. The number of benzene rings is 2. The molecule has 0 aromatic heterocycles. The van der Waals surface area contributed by atoms with E-state index < -0.39 is 35.5 Å². The Labute approximate surface area is 177 Å². The molecule has 0 unspecified atom stereocenters. The zero-order valence-corrected chi connectivity index (χ0v) is 16.6. The molecule has 2 heterocycles. The van der Waals surface area contributed by atoms with Crippen LogP contribution in [0.15, 0.2) is 58.1 Å². The summed E-state index contributed by atoms with van der Waals surface area (Å²) >= 11 is 0. The van der Waals surface area contributed by atoms with Crippen LogP contribution >= 0.6 is 0 Å². The van der Waals surface area contributed by atoms with Gasteiger partial charge in [0.05, 0.1) is 23.2 Å². The Morgan fingerprint density at radius 1 is 1.06 bits per heavy atom. The minimum atomic E-state index is -4.60. The van der Waals surface area contributed by atoms with Crippen LogP contribution in [0, 0.1) is 0 Å². The van der Waals surface area contributed by atoms with Crippen molar-refractivity contribution >= 4 is 17.0 Å². The molecule has 164 valence electrons. The van der Waals surface area contributed by atoms with Crippen molar-refractivity contribution in [1.82, 2.24) is 19.1 Å². The highest BCUT2D eigenvalue weighted by atomic mass is 19.4. The number of carbonyl (C=O) groups excluding carboxylic acids is 1. The van der Waals surface area contributed by atoms with Crippen molar-refractivity contribution in [3.8, 4) is 17.2 Å². The molecular formula is C21H15F3N4O4. The molecular weight excluding hydrogens is 429 g/mol. The smallest absolute Gasteiger partial charge is 0.416 e. The highest BCUT2D eigenvalue weighted by molar-refractivity contribution is 5.81. The van der Waals surface area contributed by atoms with Gasteiger partial charge in [0, 0.05) is 5.69 Å². The molecule has 0 saturated carbocycles. The van der Waals surface area contributed by atoms with E-state index >= 15 is 0 Å². The number of esters is 1. The minimum Gasteiger partial charge on any atom is -0.465 e. The maximum absolute atomic E-state index is 13.3. The van der Waals surface area contributed by atoms with Gasteiger partial charge in [-0.3, -0.25) is 14.2 Å². The van der Waals surface area contributed by atoms with Crippen LogP contribution in [0.25, 0.3) is 28.2 Å². The molecule has 0 N–H and O–H groups in total. The van der Waals surface area contributed by atoms with Crippen LogP contribution in [0.1, 0.15) is 12.5 Å². The average Bonchev–Trinajstić information content (AvgIpc) is 2.75. The first-order valence-electron chi connectivity index (χ1n) is 9.46. The van der Waals surface area contributed by atoms with Crippen LogP contribution in [-0.4, -0.2) is 31.7 Å². The molecule has 0 fully saturated rings. The maximum atomic E-state index is 13.3. The van der Waals surface area contributed by atoms with Crippen molar-refractivity contribution in [3.05, 3.63) is 74.9 Å². The summed E-state index contributed by atoms with van der Waals surface area (Å²) in [5.74, 6) is -1.03. The van der Waals surface area contributed by atoms with Gasteiger partial charge < -0.3 is 4.74 Å². The van der Waals surface area contributed by atoms with Gasteiger partial charge in [0.1, 0.15) is 6.54 Å². The monoisotopic (exact) mass is 444 g/mol. The number of nitrogens with zero attached hydrogens (tertiary/aromatic N) is 4. The number of ether oxygens (including phenoxy) is 1. The van der Waals surface area contributed by atoms with E-state index in [-0.39, 0.29) is 29.3 Å². The Hall–Kier alpha value is -4.02. The first-order chi connectivity index (χ1) is 15.2. The third-order valence-corrected chi connectivity index (χ3v) is 4.68. The zero-order valence-electron chi connectivity index (χ0n) is 16.6. The molecule has 2 aromatic carbocycles. The Morgan fingerprint density at radius 3 is 2.53 bits per heavy atom. The SMILES string of the molecule is CCOC(=O)Cn1c(=O)nc2n(-c3cccc(C(F)(F)F)c3)c3ccccc3nc-2c1=O. The quantitative estimate of drug-likeness (QED) is 0.355. The number of aromatic nitrogens is 4. The number of halogens is 3. The summed E-state index contributed by atoms with van der Waals surface area (Å²) in [6.07, 6.45) is -4.60. The second-order valence-corrected chi connectivity index (χ2v) is 6.75. The van der Waals surface area contributed by atoms with Crippen molar-refractivity contribution in [2.45, 2.75) is 19.6 Å². The van der Waals surface area contributed by atoms with E-state index in [2.05, 4.69) is 9.97 Å². The summed E-state index contributed by atoms with van der Waals surface area (Å²) in [5.41, 5.74) is -2.46. The third-order valence-electron chi connectivity index (χ3n) is 4.68. The van der Waals surface area contributed by atoms with Gasteiger partial charge in [-0.1, -0.05) is 18.2 Å². The Bertz CT molecular complexity index is 1430. The van der Waals surface area contributed by atoms with Gasteiger partial charge in [-0.15, -0.1) is 0 Å². The average molecular weight is 444 g/mol.